The Hall–Kier alpha value is -1.60. The highest BCUT2D eigenvalue weighted by Gasteiger charge is 2.08. The zero-order chi connectivity index (χ0) is 11.3. The molecule has 0 bridgehead atoms. The molecule has 1 rings (SSSR count). The number of nitrogens with zero attached hydrogens (tertiary/aromatic N) is 1. The third-order valence-corrected chi connectivity index (χ3v) is 2.45. The maximum Gasteiger partial charge on any atom is 0.348 e. The van der Waals surface area contributed by atoms with E-state index >= 15 is 0 Å². The number of nitriles is 1. The lowest BCUT2D eigenvalue weighted by Gasteiger charge is -1.99. The van der Waals surface area contributed by atoms with E-state index in [1.165, 1.54) is 13.2 Å². The molecule has 3 nitrogen and oxygen atoms in total. The summed E-state index contributed by atoms with van der Waals surface area (Å²) >= 11 is 3.32. The number of hydrogen-bond donors (Lipinski definition) is 0. The standard InChI is InChI=1S/C11H8BrNO2/c1-15-11(14)9(7-13)6-8-4-2-3-5-10(8)12/h2-6H,1H3. The molecular formula is C11H8BrNO2. The fourth-order valence-corrected chi connectivity index (χ4v) is 1.39. The molecule has 0 unspecified atom stereocenters. The van der Waals surface area contributed by atoms with E-state index in [4.69, 9.17) is 5.26 Å². The number of hydrogen-bond acceptors (Lipinski definition) is 3. The van der Waals surface area contributed by atoms with Crippen molar-refractivity contribution < 1.29 is 9.53 Å². The minimum absolute atomic E-state index is 0.0237. The summed E-state index contributed by atoms with van der Waals surface area (Å²) in [6, 6.07) is 9.10. The number of methoxy groups -OCH3 is 1. The largest absolute Gasteiger partial charge is 0.465 e. The number of ether oxygens (including phenoxy) is 1. The maximum atomic E-state index is 11.1. The molecule has 0 amide bonds. The summed E-state index contributed by atoms with van der Waals surface area (Å²) < 4.78 is 5.29. The van der Waals surface area contributed by atoms with E-state index in [-0.39, 0.29) is 5.57 Å². The van der Waals surface area contributed by atoms with Crippen LogP contribution in [0.25, 0.3) is 6.08 Å². The Balaban J connectivity index is 3.11. The van der Waals surface area contributed by atoms with Gasteiger partial charge in [-0.15, -0.1) is 0 Å². The second kappa shape index (κ2) is 5.32. The first-order valence-corrected chi connectivity index (χ1v) is 4.93. The van der Waals surface area contributed by atoms with E-state index < -0.39 is 5.97 Å². The van der Waals surface area contributed by atoms with E-state index in [9.17, 15) is 4.79 Å². The third-order valence-electron chi connectivity index (χ3n) is 1.73. The summed E-state index contributed by atoms with van der Waals surface area (Å²) in [4.78, 5) is 11.1. The number of halogens is 1. The van der Waals surface area contributed by atoms with Crippen LogP contribution >= 0.6 is 15.9 Å². The zero-order valence-corrected chi connectivity index (χ0v) is 9.61. The highest BCUT2D eigenvalue weighted by atomic mass is 79.9. The van der Waals surface area contributed by atoms with Crippen molar-refractivity contribution in [3.8, 4) is 6.07 Å². The number of esters is 1. The number of benzene rings is 1. The summed E-state index contributed by atoms with van der Waals surface area (Å²) in [5, 5.41) is 8.75. The Morgan fingerprint density at radius 3 is 2.73 bits per heavy atom. The minimum atomic E-state index is -0.631. The van der Waals surface area contributed by atoms with Crippen LogP contribution in [0.3, 0.4) is 0 Å². The third kappa shape index (κ3) is 2.93. The van der Waals surface area contributed by atoms with Crippen LogP contribution in [0.1, 0.15) is 5.56 Å². The van der Waals surface area contributed by atoms with Gasteiger partial charge in [0.15, 0.2) is 0 Å². The Morgan fingerprint density at radius 2 is 2.20 bits per heavy atom. The first-order valence-electron chi connectivity index (χ1n) is 4.13. The first-order chi connectivity index (χ1) is 7.19. The molecule has 0 spiro atoms. The van der Waals surface area contributed by atoms with Crippen molar-refractivity contribution in [2.75, 3.05) is 7.11 Å². The second-order valence-corrected chi connectivity index (χ2v) is 3.54. The van der Waals surface area contributed by atoms with Crippen molar-refractivity contribution in [3.05, 3.63) is 39.9 Å². The Bertz CT molecular complexity index is 446. The van der Waals surface area contributed by atoms with Gasteiger partial charge in [0, 0.05) is 4.47 Å². The number of carbonyl (C=O) groups excluding carboxylic acids is 1. The van der Waals surface area contributed by atoms with E-state index in [2.05, 4.69) is 20.7 Å². The van der Waals surface area contributed by atoms with Crippen molar-refractivity contribution in [2.24, 2.45) is 0 Å². The zero-order valence-electron chi connectivity index (χ0n) is 8.03. The molecule has 76 valence electrons. The SMILES string of the molecule is COC(=O)C(C#N)=Cc1ccccc1Br. The van der Waals surface area contributed by atoms with Gasteiger partial charge in [0.25, 0.3) is 0 Å². The molecule has 1 aromatic rings. The van der Waals surface area contributed by atoms with Gasteiger partial charge in [0.2, 0.25) is 0 Å². The van der Waals surface area contributed by atoms with Crippen LogP contribution in [-0.2, 0) is 9.53 Å². The summed E-state index contributed by atoms with van der Waals surface area (Å²) in [5.41, 5.74) is 0.740. The summed E-state index contributed by atoms with van der Waals surface area (Å²) in [6.45, 7) is 0. The Morgan fingerprint density at radius 1 is 1.53 bits per heavy atom. The highest BCUT2D eigenvalue weighted by Crippen LogP contribution is 2.18. The fourth-order valence-electron chi connectivity index (χ4n) is 0.994. The molecule has 0 saturated carbocycles. The average molecular weight is 266 g/mol. The predicted octanol–water partition coefficient (Wildman–Crippen LogP) is 2.53. The van der Waals surface area contributed by atoms with Crippen LogP contribution in [0, 0.1) is 11.3 Å². The van der Waals surface area contributed by atoms with Gasteiger partial charge in [-0.05, 0) is 17.7 Å². The molecule has 0 aliphatic rings. The van der Waals surface area contributed by atoms with Crippen molar-refractivity contribution in [3.63, 3.8) is 0 Å². The molecule has 0 atom stereocenters. The van der Waals surface area contributed by atoms with Crippen molar-refractivity contribution in [2.45, 2.75) is 0 Å². The van der Waals surface area contributed by atoms with E-state index in [0.29, 0.717) is 0 Å². The van der Waals surface area contributed by atoms with Crippen LogP contribution in [0.4, 0.5) is 0 Å². The molecular weight excluding hydrogens is 258 g/mol. The molecule has 0 radical (unpaired) electrons. The summed E-state index contributed by atoms with van der Waals surface area (Å²) in [6.07, 6.45) is 1.48. The average Bonchev–Trinajstić information content (AvgIpc) is 2.27. The van der Waals surface area contributed by atoms with Gasteiger partial charge in [-0.25, -0.2) is 4.79 Å². The molecule has 0 heterocycles. The lowest BCUT2D eigenvalue weighted by Crippen LogP contribution is -2.02. The highest BCUT2D eigenvalue weighted by molar-refractivity contribution is 9.10. The van der Waals surface area contributed by atoms with Gasteiger partial charge in [-0.3, -0.25) is 0 Å². The van der Waals surface area contributed by atoms with Gasteiger partial charge in [-0.2, -0.15) is 5.26 Å². The lowest BCUT2D eigenvalue weighted by molar-refractivity contribution is -0.135. The minimum Gasteiger partial charge on any atom is -0.465 e. The quantitative estimate of drug-likeness (QED) is 0.469. The monoisotopic (exact) mass is 265 g/mol. The number of carbonyl (C=O) groups is 1. The molecule has 0 aliphatic heterocycles. The fraction of sp³-hybridized carbons (Fsp3) is 0.0909. The van der Waals surface area contributed by atoms with Gasteiger partial charge < -0.3 is 4.74 Å². The summed E-state index contributed by atoms with van der Waals surface area (Å²) in [5.74, 6) is -0.631. The van der Waals surface area contributed by atoms with Crippen LogP contribution in [-0.4, -0.2) is 13.1 Å². The van der Waals surface area contributed by atoms with Crippen LogP contribution in [0.15, 0.2) is 34.3 Å². The molecule has 15 heavy (non-hydrogen) atoms. The van der Waals surface area contributed by atoms with E-state index in [0.717, 1.165) is 10.0 Å². The Kier molecular flexibility index (Phi) is 4.07. The first kappa shape index (κ1) is 11.5. The maximum absolute atomic E-state index is 11.1. The van der Waals surface area contributed by atoms with Crippen LogP contribution in [0.2, 0.25) is 0 Å². The molecule has 0 N–H and O–H groups in total. The van der Waals surface area contributed by atoms with Gasteiger partial charge >= 0.3 is 5.97 Å². The van der Waals surface area contributed by atoms with Crippen molar-refractivity contribution in [1.82, 2.24) is 0 Å². The normalized spacial score (nSPS) is 10.6. The topological polar surface area (TPSA) is 50.1 Å². The number of rotatable bonds is 2. The van der Waals surface area contributed by atoms with Gasteiger partial charge in [-0.1, -0.05) is 34.1 Å². The second-order valence-electron chi connectivity index (χ2n) is 2.68. The van der Waals surface area contributed by atoms with Crippen molar-refractivity contribution in [1.29, 1.82) is 5.26 Å². The Labute approximate surface area is 96.1 Å². The predicted molar refractivity (Wildman–Crippen MR) is 59.7 cm³/mol. The lowest BCUT2D eigenvalue weighted by atomic mass is 10.1. The molecule has 4 heteroatoms. The molecule has 1 aromatic carbocycles. The van der Waals surface area contributed by atoms with E-state index in [1.807, 2.05) is 18.2 Å². The molecule has 0 aromatic heterocycles. The van der Waals surface area contributed by atoms with Crippen LogP contribution < -0.4 is 0 Å². The summed E-state index contributed by atoms with van der Waals surface area (Å²) in [7, 11) is 1.24. The smallest absolute Gasteiger partial charge is 0.348 e. The molecule has 0 aliphatic carbocycles. The van der Waals surface area contributed by atoms with Crippen molar-refractivity contribution >= 4 is 28.0 Å². The van der Waals surface area contributed by atoms with E-state index in [1.54, 1.807) is 12.1 Å². The molecule has 0 saturated heterocycles. The molecule has 0 fully saturated rings. The van der Waals surface area contributed by atoms with Gasteiger partial charge in [0.05, 0.1) is 7.11 Å². The van der Waals surface area contributed by atoms with Crippen LogP contribution in [0.5, 0.6) is 0 Å². The van der Waals surface area contributed by atoms with Gasteiger partial charge in [0.1, 0.15) is 11.6 Å².